The van der Waals surface area contributed by atoms with Crippen LogP contribution in [-0.2, 0) is 6.61 Å². The van der Waals surface area contributed by atoms with Crippen LogP contribution in [-0.4, -0.2) is 11.4 Å². The van der Waals surface area contributed by atoms with E-state index < -0.39 is 0 Å². The predicted octanol–water partition coefficient (Wildman–Crippen LogP) is 2.97. The summed E-state index contributed by atoms with van der Waals surface area (Å²) in [4.78, 5) is 11.3. The van der Waals surface area contributed by atoms with Gasteiger partial charge in [-0.05, 0) is 39.0 Å². The fourth-order valence-electron chi connectivity index (χ4n) is 1.36. The Labute approximate surface area is 93.3 Å². The molecule has 2 nitrogen and oxygen atoms in total. The molecule has 1 aromatic carbocycles. The summed E-state index contributed by atoms with van der Waals surface area (Å²) in [6, 6.07) is 5.55. The first-order valence-electron chi connectivity index (χ1n) is 4.03. The topological polar surface area (TPSA) is 37.3 Å². The van der Waals surface area contributed by atoms with Gasteiger partial charge in [-0.3, -0.25) is 4.79 Å². The highest BCUT2D eigenvalue weighted by Crippen LogP contribution is 2.33. The zero-order chi connectivity index (χ0) is 10.1. The summed E-state index contributed by atoms with van der Waals surface area (Å²) in [5.41, 5.74) is 0.854. The summed E-state index contributed by atoms with van der Waals surface area (Å²) >= 11 is 4.84. The van der Waals surface area contributed by atoms with E-state index >= 15 is 0 Å². The van der Waals surface area contributed by atoms with Crippen molar-refractivity contribution in [3.63, 3.8) is 0 Å². The minimum absolute atomic E-state index is 0.00118. The third-order valence-corrected chi connectivity index (χ3v) is 4.05. The summed E-state index contributed by atoms with van der Waals surface area (Å²) in [5, 5.41) is 10.1. The van der Waals surface area contributed by atoms with Crippen molar-refractivity contribution < 1.29 is 9.90 Å². The monoisotopic (exact) mass is 270 g/mol. The van der Waals surface area contributed by atoms with Gasteiger partial charge in [0.25, 0.3) is 0 Å². The van der Waals surface area contributed by atoms with Gasteiger partial charge in [-0.15, -0.1) is 11.3 Å². The number of carbonyl (C=O) groups is 1. The summed E-state index contributed by atoms with van der Waals surface area (Å²) in [6.45, 7) is -0.00118. The van der Waals surface area contributed by atoms with E-state index in [4.69, 9.17) is 5.11 Å². The van der Waals surface area contributed by atoms with Crippen molar-refractivity contribution in [2.45, 2.75) is 6.61 Å². The maximum Gasteiger partial charge on any atom is 0.160 e. The molecule has 1 aromatic heterocycles. The maximum atomic E-state index is 10.6. The standard InChI is InChI=1S/C10H7BrO2S/c11-9-2-1-6(4-12)8-3-7(5-13)14-10(8)9/h1-3,5,12H,4H2. The molecular formula is C10H7BrO2S. The molecule has 0 radical (unpaired) electrons. The lowest BCUT2D eigenvalue weighted by molar-refractivity contribution is 0.112. The van der Waals surface area contributed by atoms with E-state index in [1.807, 2.05) is 18.2 Å². The van der Waals surface area contributed by atoms with Crippen LogP contribution in [0.2, 0.25) is 0 Å². The Morgan fingerprint density at radius 1 is 1.50 bits per heavy atom. The van der Waals surface area contributed by atoms with Crippen LogP contribution in [0, 0.1) is 0 Å². The van der Waals surface area contributed by atoms with Crippen LogP contribution < -0.4 is 0 Å². The molecule has 0 saturated heterocycles. The first-order valence-corrected chi connectivity index (χ1v) is 5.64. The maximum absolute atomic E-state index is 10.6. The minimum Gasteiger partial charge on any atom is -0.392 e. The van der Waals surface area contributed by atoms with Gasteiger partial charge in [0.15, 0.2) is 6.29 Å². The summed E-state index contributed by atoms with van der Waals surface area (Å²) < 4.78 is 1.97. The Morgan fingerprint density at radius 2 is 2.29 bits per heavy atom. The summed E-state index contributed by atoms with van der Waals surface area (Å²) in [5.74, 6) is 0. The van der Waals surface area contributed by atoms with Gasteiger partial charge in [-0.2, -0.15) is 0 Å². The van der Waals surface area contributed by atoms with Gasteiger partial charge in [0, 0.05) is 9.17 Å². The average Bonchev–Trinajstić information content (AvgIpc) is 2.63. The molecule has 2 rings (SSSR count). The predicted molar refractivity (Wildman–Crippen MR) is 60.8 cm³/mol. The second-order valence-electron chi connectivity index (χ2n) is 2.87. The van der Waals surface area contributed by atoms with E-state index in [9.17, 15) is 4.79 Å². The van der Waals surface area contributed by atoms with Crippen LogP contribution >= 0.6 is 27.3 Å². The molecule has 1 heterocycles. The minimum atomic E-state index is -0.00118. The fraction of sp³-hybridized carbons (Fsp3) is 0.100. The van der Waals surface area contributed by atoms with Gasteiger partial charge in [-0.1, -0.05) is 6.07 Å². The van der Waals surface area contributed by atoms with Gasteiger partial charge in [-0.25, -0.2) is 0 Å². The number of rotatable bonds is 2. The fourth-order valence-corrected chi connectivity index (χ4v) is 2.88. The van der Waals surface area contributed by atoms with E-state index in [2.05, 4.69) is 15.9 Å². The highest BCUT2D eigenvalue weighted by atomic mass is 79.9. The van der Waals surface area contributed by atoms with E-state index in [1.54, 1.807) is 0 Å². The second-order valence-corrected chi connectivity index (χ2v) is 4.81. The van der Waals surface area contributed by atoms with Crippen molar-refractivity contribution in [3.05, 3.63) is 33.1 Å². The molecule has 0 fully saturated rings. The summed E-state index contributed by atoms with van der Waals surface area (Å²) in [7, 11) is 0. The highest BCUT2D eigenvalue weighted by molar-refractivity contribution is 9.10. The molecule has 0 spiro atoms. The molecule has 1 N–H and O–H groups in total. The van der Waals surface area contributed by atoms with Crippen LogP contribution in [0.1, 0.15) is 15.2 Å². The van der Waals surface area contributed by atoms with Crippen molar-refractivity contribution in [1.82, 2.24) is 0 Å². The molecular weight excluding hydrogens is 264 g/mol. The molecule has 4 heteroatoms. The van der Waals surface area contributed by atoms with Crippen LogP contribution in [0.25, 0.3) is 10.1 Å². The quantitative estimate of drug-likeness (QED) is 0.852. The van der Waals surface area contributed by atoms with E-state index in [1.165, 1.54) is 11.3 Å². The van der Waals surface area contributed by atoms with Crippen molar-refractivity contribution >= 4 is 43.6 Å². The molecule has 0 amide bonds. The average molecular weight is 271 g/mol. The largest absolute Gasteiger partial charge is 0.392 e. The third kappa shape index (κ3) is 1.49. The van der Waals surface area contributed by atoms with Crippen LogP contribution in [0.15, 0.2) is 22.7 Å². The molecule has 0 unspecified atom stereocenters. The SMILES string of the molecule is O=Cc1cc2c(CO)ccc(Br)c2s1. The zero-order valence-electron chi connectivity index (χ0n) is 7.16. The van der Waals surface area contributed by atoms with Crippen molar-refractivity contribution in [3.8, 4) is 0 Å². The van der Waals surface area contributed by atoms with Gasteiger partial charge < -0.3 is 5.11 Å². The first kappa shape index (κ1) is 9.83. The van der Waals surface area contributed by atoms with Crippen LogP contribution in [0.3, 0.4) is 0 Å². The van der Waals surface area contributed by atoms with Crippen molar-refractivity contribution in [1.29, 1.82) is 0 Å². The van der Waals surface area contributed by atoms with Gasteiger partial charge in [0.2, 0.25) is 0 Å². The van der Waals surface area contributed by atoms with Crippen LogP contribution in [0.5, 0.6) is 0 Å². The second kappa shape index (κ2) is 3.81. The van der Waals surface area contributed by atoms with Gasteiger partial charge in [0.05, 0.1) is 11.5 Å². The highest BCUT2D eigenvalue weighted by Gasteiger charge is 2.08. The number of benzene rings is 1. The molecule has 0 aliphatic heterocycles. The Balaban J connectivity index is 2.81. The number of halogens is 1. The zero-order valence-corrected chi connectivity index (χ0v) is 9.56. The van der Waals surface area contributed by atoms with E-state index in [-0.39, 0.29) is 6.61 Å². The molecule has 0 aliphatic rings. The number of hydrogen-bond donors (Lipinski definition) is 1. The normalized spacial score (nSPS) is 10.7. The van der Waals surface area contributed by atoms with Crippen molar-refractivity contribution in [2.24, 2.45) is 0 Å². The smallest absolute Gasteiger partial charge is 0.160 e. The molecule has 0 aliphatic carbocycles. The number of carbonyl (C=O) groups excluding carboxylic acids is 1. The number of aldehydes is 1. The molecule has 14 heavy (non-hydrogen) atoms. The van der Waals surface area contributed by atoms with Crippen molar-refractivity contribution in [2.75, 3.05) is 0 Å². The van der Waals surface area contributed by atoms with Gasteiger partial charge in [0.1, 0.15) is 0 Å². The Kier molecular flexibility index (Phi) is 2.67. The third-order valence-electron chi connectivity index (χ3n) is 2.03. The lowest BCUT2D eigenvalue weighted by atomic mass is 10.1. The van der Waals surface area contributed by atoms with E-state index in [0.29, 0.717) is 4.88 Å². The molecule has 0 saturated carbocycles. The Hall–Kier alpha value is -0.710. The molecule has 2 aromatic rings. The van der Waals surface area contributed by atoms with E-state index in [0.717, 1.165) is 26.4 Å². The number of fused-ring (bicyclic) bond motifs is 1. The van der Waals surface area contributed by atoms with Crippen LogP contribution in [0.4, 0.5) is 0 Å². The number of aliphatic hydroxyl groups is 1. The lowest BCUT2D eigenvalue weighted by Crippen LogP contribution is -1.82. The first-order chi connectivity index (χ1) is 6.76. The van der Waals surface area contributed by atoms with Gasteiger partial charge >= 0.3 is 0 Å². The lowest BCUT2D eigenvalue weighted by Gasteiger charge is -1.99. The molecule has 0 bridgehead atoms. The Bertz CT molecular complexity index is 490. The number of aliphatic hydroxyl groups excluding tert-OH is 1. The number of thiophene rings is 1. The number of hydrogen-bond acceptors (Lipinski definition) is 3. The molecule has 72 valence electrons. The Morgan fingerprint density at radius 3 is 2.93 bits per heavy atom. The summed E-state index contributed by atoms with van der Waals surface area (Å²) in [6.07, 6.45) is 0.832. The molecule has 0 atom stereocenters.